The van der Waals surface area contributed by atoms with E-state index in [9.17, 15) is 13.2 Å². The molecule has 0 fully saturated rings. The number of thiophene rings is 1. The highest BCUT2D eigenvalue weighted by Gasteiger charge is 2.30. The number of para-hydroxylation sites is 1. The van der Waals surface area contributed by atoms with Crippen LogP contribution >= 0.6 is 11.3 Å². The topological polar surface area (TPSA) is 66.5 Å². The number of fused-ring (bicyclic) bond motifs is 1. The fraction of sp³-hybridized carbons (Fsp3) is 0.150. The molecular formula is C20H18N2O3S2. The Bertz CT molecular complexity index is 1060. The van der Waals surface area contributed by atoms with Gasteiger partial charge < -0.3 is 5.32 Å². The van der Waals surface area contributed by atoms with E-state index in [1.807, 2.05) is 41.8 Å². The fourth-order valence-corrected chi connectivity index (χ4v) is 5.38. The average molecular weight is 399 g/mol. The molecule has 27 heavy (non-hydrogen) atoms. The van der Waals surface area contributed by atoms with Crippen molar-refractivity contribution in [1.29, 1.82) is 0 Å². The SMILES string of the molecule is O=C(Cc1cccs1)Nc1ccc(S(=O)(=O)N2CCc3ccccc32)cc1. The lowest BCUT2D eigenvalue weighted by Gasteiger charge is -2.19. The molecule has 0 saturated heterocycles. The predicted octanol–water partition coefficient (Wildman–Crippen LogP) is 3.68. The summed E-state index contributed by atoms with van der Waals surface area (Å²) in [4.78, 5) is 13.3. The monoisotopic (exact) mass is 398 g/mol. The Hall–Kier alpha value is -2.64. The summed E-state index contributed by atoms with van der Waals surface area (Å²) in [7, 11) is -3.62. The molecule has 0 saturated carbocycles. The Kier molecular flexibility index (Phi) is 4.72. The van der Waals surface area contributed by atoms with Crippen molar-refractivity contribution < 1.29 is 13.2 Å². The molecule has 2 heterocycles. The largest absolute Gasteiger partial charge is 0.326 e. The third-order valence-electron chi connectivity index (χ3n) is 4.49. The molecule has 0 aliphatic carbocycles. The maximum absolute atomic E-state index is 13.0. The lowest BCUT2D eigenvalue weighted by atomic mass is 10.2. The first-order valence-electron chi connectivity index (χ1n) is 8.57. The molecular weight excluding hydrogens is 380 g/mol. The van der Waals surface area contributed by atoms with Crippen LogP contribution in [-0.2, 0) is 27.7 Å². The zero-order chi connectivity index (χ0) is 18.9. The Morgan fingerprint density at radius 1 is 1.04 bits per heavy atom. The summed E-state index contributed by atoms with van der Waals surface area (Å²) in [5, 5.41) is 4.73. The summed E-state index contributed by atoms with van der Waals surface area (Å²) < 4.78 is 27.4. The Morgan fingerprint density at radius 2 is 1.81 bits per heavy atom. The Labute approximate surface area is 162 Å². The maximum Gasteiger partial charge on any atom is 0.264 e. The minimum Gasteiger partial charge on any atom is -0.326 e. The molecule has 0 unspecified atom stereocenters. The third kappa shape index (κ3) is 3.61. The summed E-state index contributed by atoms with van der Waals surface area (Å²) >= 11 is 1.53. The van der Waals surface area contributed by atoms with E-state index in [0.29, 0.717) is 25.1 Å². The molecule has 1 N–H and O–H groups in total. The van der Waals surface area contributed by atoms with Crippen LogP contribution in [0.3, 0.4) is 0 Å². The number of anilines is 2. The minimum atomic E-state index is -3.62. The lowest BCUT2D eigenvalue weighted by molar-refractivity contribution is -0.115. The van der Waals surface area contributed by atoms with Gasteiger partial charge in [0.15, 0.2) is 0 Å². The van der Waals surface area contributed by atoms with E-state index < -0.39 is 10.0 Å². The molecule has 3 aromatic rings. The van der Waals surface area contributed by atoms with E-state index >= 15 is 0 Å². The van der Waals surface area contributed by atoms with Gasteiger partial charge in [0, 0.05) is 17.1 Å². The molecule has 0 atom stereocenters. The predicted molar refractivity (Wildman–Crippen MR) is 108 cm³/mol. The zero-order valence-electron chi connectivity index (χ0n) is 14.5. The Balaban J connectivity index is 1.49. The first-order chi connectivity index (χ1) is 13.0. The summed E-state index contributed by atoms with van der Waals surface area (Å²) in [6, 6.07) is 17.7. The molecule has 1 aliphatic heterocycles. The number of hydrogen-bond donors (Lipinski definition) is 1. The van der Waals surface area contributed by atoms with Crippen molar-refractivity contribution in [1.82, 2.24) is 0 Å². The van der Waals surface area contributed by atoms with E-state index in [0.717, 1.165) is 16.1 Å². The fourth-order valence-electron chi connectivity index (χ4n) is 3.17. The summed E-state index contributed by atoms with van der Waals surface area (Å²) in [5.41, 5.74) is 2.36. The van der Waals surface area contributed by atoms with Crippen LogP contribution in [0.4, 0.5) is 11.4 Å². The number of hydrogen-bond acceptors (Lipinski definition) is 4. The molecule has 0 bridgehead atoms. The van der Waals surface area contributed by atoms with Crippen LogP contribution in [0.1, 0.15) is 10.4 Å². The molecule has 1 aliphatic rings. The van der Waals surface area contributed by atoms with Crippen molar-refractivity contribution in [2.24, 2.45) is 0 Å². The van der Waals surface area contributed by atoms with Gasteiger partial charge in [-0.05, 0) is 53.8 Å². The quantitative estimate of drug-likeness (QED) is 0.713. The van der Waals surface area contributed by atoms with Gasteiger partial charge in [0.05, 0.1) is 17.0 Å². The summed E-state index contributed by atoms with van der Waals surface area (Å²) in [6.07, 6.45) is 1.02. The van der Waals surface area contributed by atoms with Crippen LogP contribution in [0.2, 0.25) is 0 Å². The highest BCUT2D eigenvalue weighted by atomic mass is 32.2. The first kappa shape index (κ1) is 17.8. The second-order valence-corrected chi connectivity index (χ2v) is 9.18. The van der Waals surface area contributed by atoms with Crippen molar-refractivity contribution in [2.45, 2.75) is 17.7 Å². The molecule has 5 nitrogen and oxygen atoms in total. The van der Waals surface area contributed by atoms with E-state index in [1.165, 1.54) is 27.8 Å². The lowest BCUT2D eigenvalue weighted by Crippen LogP contribution is -2.29. The molecule has 138 valence electrons. The number of amides is 1. The second kappa shape index (κ2) is 7.17. The molecule has 0 radical (unpaired) electrons. The van der Waals surface area contributed by atoms with Gasteiger partial charge in [0.1, 0.15) is 0 Å². The second-order valence-electron chi connectivity index (χ2n) is 6.28. The molecule has 4 rings (SSSR count). The van der Waals surface area contributed by atoms with Crippen molar-refractivity contribution in [3.8, 4) is 0 Å². The molecule has 0 spiro atoms. The van der Waals surface area contributed by atoms with E-state index in [2.05, 4.69) is 5.32 Å². The van der Waals surface area contributed by atoms with Gasteiger partial charge in [-0.15, -0.1) is 11.3 Å². The van der Waals surface area contributed by atoms with Gasteiger partial charge in [-0.2, -0.15) is 0 Å². The van der Waals surface area contributed by atoms with E-state index in [-0.39, 0.29) is 10.8 Å². The molecule has 1 aromatic heterocycles. The smallest absolute Gasteiger partial charge is 0.264 e. The van der Waals surface area contributed by atoms with Gasteiger partial charge in [0.25, 0.3) is 10.0 Å². The van der Waals surface area contributed by atoms with Gasteiger partial charge in [-0.25, -0.2) is 8.42 Å². The number of benzene rings is 2. The number of nitrogens with one attached hydrogen (secondary N) is 1. The summed E-state index contributed by atoms with van der Waals surface area (Å²) in [6.45, 7) is 0.445. The minimum absolute atomic E-state index is 0.124. The average Bonchev–Trinajstić information content (AvgIpc) is 3.31. The van der Waals surface area contributed by atoms with Crippen molar-refractivity contribution >= 4 is 38.6 Å². The van der Waals surface area contributed by atoms with Crippen LogP contribution in [0.5, 0.6) is 0 Å². The third-order valence-corrected chi connectivity index (χ3v) is 7.19. The maximum atomic E-state index is 13.0. The Morgan fingerprint density at radius 3 is 2.56 bits per heavy atom. The highest BCUT2D eigenvalue weighted by Crippen LogP contribution is 2.32. The standard InChI is InChI=1S/C20H18N2O3S2/c23-20(14-17-5-3-13-26-17)21-16-7-9-18(10-8-16)27(24,25)22-12-11-15-4-1-2-6-19(15)22/h1-10,13H,11-12,14H2,(H,21,23). The number of rotatable bonds is 5. The summed E-state index contributed by atoms with van der Waals surface area (Å²) in [5.74, 6) is -0.124. The number of nitrogens with zero attached hydrogens (tertiary/aromatic N) is 1. The highest BCUT2D eigenvalue weighted by molar-refractivity contribution is 7.92. The van der Waals surface area contributed by atoms with Crippen molar-refractivity contribution in [3.63, 3.8) is 0 Å². The van der Waals surface area contributed by atoms with Crippen LogP contribution < -0.4 is 9.62 Å². The molecule has 7 heteroatoms. The number of carbonyl (C=O) groups is 1. The normalized spacial score (nSPS) is 13.4. The van der Waals surface area contributed by atoms with Gasteiger partial charge in [0.2, 0.25) is 5.91 Å². The van der Waals surface area contributed by atoms with Gasteiger partial charge in [-0.1, -0.05) is 24.3 Å². The number of carbonyl (C=O) groups excluding carboxylic acids is 1. The van der Waals surface area contributed by atoms with Crippen molar-refractivity contribution in [3.05, 3.63) is 76.5 Å². The van der Waals surface area contributed by atoms with Gasteiger partial charge >= 0.3 is 0 Å². The number of sulfonamides is 1. The van der Waals surface area contributed by atoms with E-state index in [1.54, 1.807) is 12.1 Å². The molecule has 1 amide bonds. The van der Waals surface area contributed by atoms with Crippen LogP contribution in [0.15, 0.2) is 70.9 Å². The van der Waals surface area contributed by atoms with Crippen LogP contribution in [0.25, 0.3) is 0 Å². The molecule has 2 aromatic carbocycles. The van der Waals surface area contributed by atoms with E-state index in [4.69, 9.17) is 0 Å². The van der Waals surface area contributed by atoms with Crippen LogP contribution in [0, 0.1) is 0 Å². The van der Waals surface area contributed by atoms with Crippen LogP contribution in [-0.4, -0.2) is 20.9 Å². The first-order valence-corrected chi connectivity index (χ1v) is 10.9. The van der Waals surface area contributed by atoms with Crippen molar-refractivity contribution in [2.75, 3.05) is 16.2 Å². The van der Waals surface area contributed by atoms with Gasteiger partial charge in [-0.3, -0.25) is 9.10 Å². The zero-order valence-corrected chi connectivity index (χ0v) is 16.1.